The summed E-state index contributed by atoms with van der Waals surface area (Å²) in [6.07, 6.45) is 15.4. The molecule has 2 aliphatic heterocycles. The quantitative estimate of drug-likeness (QED) is 0.184. The van der Waals surface area contributed by atoms with E-state index in [9.17, 15) is 14.4 Å². The molecule has 2 saturated heterocycles. The van der Waals surface area contributed by atoms with E-state index in [1.807, 2.05) is 27.0 Å². The van der Waals surface area contributed by atoms with Gasteiger partial charge >= 0.3 is 18.0 Å². The Morgan fingerprint density at radius 3 is 1.88 bits per heavy atom. The Morgan fingerprint density at radius 2 is 1.36 bits per heavy atom. The Balaban J connectivity index is 0.000000229. The molecule has 0 unspecified atom stereocenters. The molecule has 2 aliphatic carbocycles. The largest absolute Gasteiger partial charge is 0.469 e. The van der Waals surface area contributed by atoms with Crippen molar-refractivity contribution in [1.29, 1.82) is 0 Å². The van der Waals surface area contributed by atoms with Crippen LogP contribution in [0.2, 0.25) is 0 Å². The molecule has 1 N–H and O–H groups in total. The number of likely N-dealkylation sites (tertiary alicyclic amines) is 1. The maximum atomic E-state index is 12.8. The highest BCUT2D eigenvalue weighted by Gasteiger charge is 2.42. The number of ether oxygens (including phenoxy) is 5. The van der Waals surface area contributed by atoms with Gasteiger partial charge < -0.3 is 29.0 Å². The number of hydrogen-bond acceptors (Lipinski definition) is 13. The Bertz CT molecular complexity index is 1390. The molecule has 4 heterocycles. The monoisotopic (exact) mass is 736 g/mol. The minimum atomic E-state index is -0.552. The van der Waals surface area contributed by atoms with Crippen LogP contribution in [0.5, 0.6) is 0 Å². The van der Waals surface area contributed by atoms with Crippen LogP contribution in [-0.2, 0) is 46.1 Å². The molecule has 0 bridgehead atoms. The van der Waals surface area contributed by atoms with Gasteiger partial charge in [0.1, 0.15) is 15.6 Å². The second-order valence-corrected chi connectivity index (χ2v) is 16.5. The summed E-state index contributed by atoms with van der Waals surface area (Å²) in [5.41, 5.74) is -0.552. The van der Waals surface area contributed by atoms with E-state index in [-0.39, 0.29) is 37.6 Å². The fourth-order valence-corrected chi connectivity index (χ4v) is 8.10. The number of amides is 1. The molecule has 2 aromatic rings. The Morgan fingerprint density at radius 1 is 0.820 bits per heavy atom. The number of rotatable bonds is 12. The molecule has 50 heavy (non-hydrogen) atoms. The summed E-state index contributed by atoms with van der Waals surface area (Å²) in [5.74, 6) is -0.405. The molecule has 280 valence electrons. The number of nitrogens with zero attached hydrogens (tertiary/aromatic N) is 3. The first-order valence-electron chi connectivity index (χ1n) is 17.6. The molecule has 2 aromatic heterocycles. The third-order valence-corrected chi connectivity index (χ3v) is 11.5. The zero-order valence-corrected chi connectivity index (χ0v) is 31.1. The molecule has 4 atom stereocenters. The van der Waals surface area contributed by atoms with Crippen molar-refractivity contribution in [3.05, 3.63) is 32.2 Å². The van der Waals surface area contributed by atoms with Crippen LogP contribution in [0.15, 0.2) is 12.4 Å². The van der Waals surface area contributed by atoms with Crippen molar-refractivity contribution in [3.63, 3.8) is 0 Å². The van der Waals surface area contributed by atoms with Crippen molar-refractivity contribution in [2.75, 3.05) is 27.3 Å². The first kappa shape index (κ1) is 40.1. The number of esters is 2. The molecular formula is C36H56N4O8S2. The lowest BCUT2D eigenvalue weighted by molar-refractivity contribution is -0.141. The molecule has 12 nitrogen and oxygen atoms in total. The lowest BCUT2D eigenvalue weighted by atomic mass is 9.96. The second-order valence-electron chi connectivity index (χ2n) is 14.2. The normalized spacial score (nSPS) is 23.6. The summed E-state index contributed by atoms with van der Waals surface area (Å²) < 4.78 is 27.2. The van der Waals surface area contributed by atoms with Crippen LogP contribution in [0.4, 0.5) is 4.79 Å². The van der Waals surface area contributed by atoms with Crippen LogP contribution in [0.1, 0.15) is 124 Å². The van der Waals surface area contributed by atoms with E-state index in [0.29, 0.717) is 56.6 Å². The van der Waals surface area contributed by atoms with Gasteiger partial charge in [-0.1, -0.05) is 7.43 Å². The molecule has 6 rings (SSSR count). The summed E-state index contributed by atoms with van der Waals surface area (Å²) in [6, 6.07) is 0.142. The smallest absolute Gasteiger partial charge is 0.410 e. The fourth-order valence-electron chi connectivity index (χ4n) is 6.05. The molecule has 2 saturated carbocycles. The fraction of sp³-hybridized carbons (Fsp3) is 0.750. The van der Waals surface area contributed by atoms with E-state index in [1.165, 1.54) is 51.2 Å². The molecular weight excluding hydrogens is 681 g/mol. The van der Waals surface area contributed by atoms with E-state index >= 15 is 0 Å². The summed E-state index contributed by atoms with van der Waals surface area (Å²) in [5, 5.41) is 5.47. The molecule has 14 heteroatoms. The average molecular weight is 737 g/mol. The molecule has 0 spiro atoms. The van der Waals surface area contributed by atoms with Crippen molar-refractivity contribution in [2.24, 2.45) is 0 Å². The van der Waals surface area contributed by atoms with Crippen molar-refractivity contribution in [3.8, 4) is 0 Å². The number of methoxy groups -OCH3 is 2. The highest BCUT2D eigenvalue weighted by Crippen LogP contribution is 2.39. The first-order chi connectivity index (χ1) is 23.5. The van der Waals surface area contributed by atoms with E-state index < -0.39 is 5.60 Å². The van der Waals surface area contributed by atoms with Crippen LogP contribution in [0, 0.1) is 0 Å². The van der Waals surface area contributed by atoms with E-state index in [4.69, 9.17) is 18.9 Å². The lowest BCUT2D eigenvalue weighted by Crippen LogP contribution is -2.38. The van der Waals surface area contributed by atoms with Crippen LogP contribution in [0.3, 0.4) is 0 Å². The predicted molar refractivity (Wildman–Crippen MR) is 192 cm³/mol. The number of thiazole rings is 2. The number of aryl methyl sites for hydroxylation is 2. The lowest BCUT2D eigenvalue weighted by Gasteiger charge is -2.29. The number of aromatic nitrogens is 2. The van der Waals surface area contributed by atoms with Crippen molar-refractivity contribution >= 4 is 40.7 Å². The van der Waals surface area contributed by atoms with Gasteiger partial charge in [0.25, 0.3) is 0 Å². The predicted octanol–water partition coefficient (Wildman–Crippen LogP) is 6.73. The minimum Gasteiger partial charge on any atom is -0.469 e. The minimum absolute atomic E-state index is 0. The zero-order valence-electron chi connectivity index (χ0n) is 29.4. The number of nitrogens with one attached hydrogen (secondary N) is 1. The van der Waals surface area contributed by atoms with Crippen LogP contribution >= 0.6 is 22.7 Å². The van der Waals surface area contributed by atoms with E-state index in [0.717, 1.165) is 52.0 Å². The number of carbonyl (C=O) groups excluding carboxylic acids is 3. The first-order valence-corrected chi connectivity index (χ1v) is 19.2. The standard InChI is InChI=1S/C20H30N2O5S.C15H22N2O3S.CH4/c1-20(2,3)27-19(24)22-12-14(26-13-6-5-7-13)10-16(22)18-21-11-15(28-18)8-9-17(23)25-4;1-19-14(18)6-5-12-9-17-15(21-12)13-7-11(8-16-13)20-10-3-2-4-10;/h11,13-14,16H,5-10,12H2,1-4H3;9-11,13,16H,2-8H2,1H3;1H4/t14-,16-;11-,13-;/m00./s1. The summed E-state index contributed by atoms with van der Waals surface area (Å²) >= 11 is 3.22. The number of hydrogen-bond donors (Lipinski definition) is 1. The summed E-state index contributed by atoms with van der Waals surface area (Å²) in [7, 11) is 2.81. The Hall–Kier alpha value is -2.65. The maximum absolute atomic E-state index is 12.8. The van der Waals surface area contributed by atoms with Crippen molar-refractivity contribution < 1.29 is 38.1 Å². The van der Waals surface area contributed by atoms with Gasteiger partial charge in [-0.2, -0.15) is 0 Å². The van der Waals surface area contributed by atoms with Gasteiger partial charge in [0.2, 0.25) is 0 Å². The van der Waals surface area contributed by atoms with Gasteiger partial charge in [-0.3, -0.25) is 14.5 Å². The molecule has 0 aromatic carbocycles. The molecule has 0 radical (unpaired) electrons. The topological polar surface area (TPSA) is 138 Å². The van der Waals surface area contributed by atoms with Gasteiger partial charge in [0, 0.05) is 35.1 Å². The third kappa shape index (κ3) is 11.7. The molecule has 1 amide bonds. The summed E-state index contributed by atoms with van der Waals surface area (Å²) in [6.45, 7) is 7.04. The van der Waals surface area contributed by atoms with Gasteiger partial charge in [-0.15, -0.1) is 22.7 Å². The number of carbonyl (C=O) groups is 3. The average Bonchev–Trinajstić information content (AvgIpc) is 3.84. The van der Waals surface area contributed by atoms with E-state index in [1.54, 1.807) is 22.4 Å². The van der Waals surface area contributed by atoms with Crippen molar-refractivity contribution in [1.82, 2.24) is 20.2 Å². The van der Waals surface area contributed by atoms with Gasteiger partial charge in [0.05, 0.1) is 70.1 Å². The van der Waals surface area contributed by atoms with Crippen LogP contribution < -0.4 is 5.32 Å². The maximum Gasteiger partial charge on any atom is 0.410 e. The highest BCUT2D eigenvalue weighted by atomic mass is 32.1. The Kier molecular flexibility index (Phi) is 15.0. The SMILES string of the molecule is C.COC(=O)CCc1cnc([C@@H]2C[C@H](OC3CCC3)CN2)s1.COC(=O)CCc1cnc([C@@H]2C[C@H](OC3CCC3)CN2C(=O)OC(C)(C)C)s1. The molecule has 4 aliphatic rings. The van der Waals surface area contributed by atoms with Gasteiger partial charge in [0.15, 0.2) is 0 Å². The van der Waals surface area contributed by atoms with E-state index in [2.05, 4.69) is 20.0 Å². The third-order valence-electron chi connectivity index (χ3n) is 9.19. The zero-order chi connectivity index (χ0) is 35.0. The van der Waals surface area contributed by atoms with Gasteiger partial charge in [-0.25, -0.2) is 14.8 Å². The second kappa shape index (κ2) is 18.7. The Labute approximate surface area is 305 Å². The summed E-state index contributed by atoms with van der Waals surface area (Å²) in [4.78, 5) is 48.3. The molecule has 4 fully saturated rings. The van der Waals surface area contributed by atoms with Crippen LogP contribution in [0.25, 0.3) is 0 Å². The van der Waals surface area contributed by atoms with Crippen LogP contribution in [-0.4, -0.2) is 90.2 Å². The van der Waals surface area contributed by atoms with Crippen molar-refractivity contribution in [2.45, 2.75) is 147 Å². The highest BCUT2D eigenvalue weighted by molar-refractivity contribution is 7.12. The van der Waals surface area contributed by atoms with Gasteiger partial charge in [-0.05, 0) is 78.6 Å².